The Labute approximate surface area is 135 Å². The number of benzene rings is 1. The topological polar surface area (TPSA) is 49.8 Å². The van der Waals surface area contributed by atoms with Crippen LogP contribution in [-0.2, 0) is 0 Å². The van der Waals surface area contributed by atoms with Gasteiger partial charge >= 0.3 is 0 Å². The molecule has 0 aliphatic carbocycles. The smallest absolute Gasteiger partial charge is 0.225 e. The van der Waals surface area contributed by atoms with Gasteiger partial charge in [-0.05, 0) is 35.7 Å². The van der Waals surface area contributed by atoms with E-state index in [0.717, 1.165) is 26.2 Å². The van der Waals surface area contributed by atoms with E-state index >= 15 is 0 Å². The Kier molecular flexibility index (Phi) is 4.17. The van der Waals surface area contributed by atoms with Crippen molar-refractivity contribution in [2.45, 2.75) is 0 Å². The van der Waals surface area contributed by atoms with Gasteiger partial charge in [0, 0.05) is 16.7 Å². The number of halogens is 1. The van der Waals surface area contributed by atoms with Crippen molar-refractivity contribution in [2.24, 2.45) is 0 Å². The zero-order valence-corrected chi connectivity index (χ0v) is 13.5. The lowest BCUT2D eigenvalue weighted by Crippen LogP contribution is -2.05. The number of nitrogens with zero attached hydrogens (tertiary/aromatic N) is 2. The molecule has 0 bridgehead atoms. The van der Waals surface area contributed by atoms with Crippen LogP contribution >= 0.6 is 27.3 Å². The lowest BCUT2D eigenvalue weighted by molar-refractivity contribution is 1.16. The van der Waals surface area contributed by atoms with E-state index in [2.05, 4.69) is 43.1 Å². The Bertz CT molecular complexity index is 767. The minimum Gasteiger partial charge on any atom is -0.351 e. The second-order valence-corrected chi connectivity index (χ2v) is 6.16. The van der Waals surface area contributed by atoms with Gasteiger partial charge in [-0.15, -0.1) is 17.9 Å². The normalized spacial score (nSPS) is 10.5. The van der Waals surface area contributed by atoms with E-state index in [1.807, 2.05) is 35.7 Å². The van der Waals surface area contributed by atoms with Gasteiger partial charge in [0.05, 0.1) is 10.2 Å². The van der Waals surface area contributed by atoms with Crippen LogP contribution in [0.3, 0.4) is 0 Å². The molecule has 106 valence electrons. The van der Waals surface area contributed by atoms with Crippen LogP contribution < -0.4 is 10.6 Å². The largest absolute Gasteiger partial charge is 0.351 e. The average Bonchev–Trinajstić information content (AvgIpc) is 2.96. The molecule has 2 heterocycles. The molecule has 6 heteroatoms. The third kappa shape index (κ3) is 3.22. The summed E-state index contributed by atoms with van der Waals surface area (Å²) in [7, 11) is 0. The molecular formula is C15H13BrN4S. The zero-order chi connectivity index (χ0) is 14.7. The molecule has 0 amide bonds. The maximum atomic E-state index is 4.55. The first-order valence-corrected chi connectivity index (χ1v) is 8.06. The number of rotatable bonds is 5. The molecule has 0 saturated carbocycles. The predicted octanol–water partition coefficient (Wildman–Crippen LogP) is 4.80. The first-order chi connectivity index (χ1) is 10.3. The summed E-state index contributed by atoms with van der Waals surface area (Å²) < 4.78 is 2.09. The van der Waals surface area contributed by atoms with Crippen molar-refractivity contribution >= 4 is 54.9 Å². The molecule has 3 aromatic rings. The van der Waals surface area contributed by atoms with Gasteiger partial charge in [0.1, 0.15) is 0 Å². The fraction of sp³-hybridized carbons (Fsp3) is 0.0667. The minimum atomic E-state index is 0.598. The van der Waals surface area contributed by atoms with Crippen LogP contribution in [0.25, 0.3) is 10.2 Å². The molecule has 4 nitrogen and oxygen atoms in total. The summed E-state index contributed by atoms with van der Waals surface area (Å²) in [6.07, 6.45) is 1.78. The molecule has 0 spiro atoms. The Morgan fingerprint density at radius 1 is 1.19 bits per heavy atom. The molecule has 0 aliphatic heterocycles. The average molecular weight is 361 g/mol. The molecule has 0 aliphatic rings. The summed E-state index contributed by atoms with van der Waals surface area (Å²) in [5.74, 6) is 1.41. The van der Waals surface area contributed by atoms with E-state index in [4.69, 9.17) is 0 Å². The Hall–Kier alpha value is -1.92. The number of nitrogens with one attached hydrogen (secondary N) is 2. The summed E-state index contributed by atoms with van der Waals surface area (Å²) in [4.78, 5) is 9.03. The van der Waals surface area contributed by atoms with Gasteiger partial charge in [0.25, 0.3) is 0 Å². The predicted molar refractivity (Wildman–Crippen MR) is 93.5 cm³/mol. The maximum Gasteiger partial charge on any atom is 0.225 e. The minimum absolute atomic E-state index is 0.598. The summed E-state index contributed by atoms with van der Waals surface area (Å²) in [6.45, 7) is 4.32. The Morgan fingerprint density at radius 2 is 2.00 bits per heavy atom. The van der Waals surface area contributed by atoms with E-state index in [1.165, 1.54) is 0 Å². The van der Waals surface area contributed by atoms with Crippen LogP contribution in [0.15, 0.2) is 52.8 Å². The Morgan fingerprint density at radius 3 is 2.76 bits per heavy atom. The number of thiophene rings is 1. The van der Waals surface area contributed by atoms with Crippen molar-refractivity contribution in [3.8, 4) is 0 Å². The summed E-state index contributed by atoms with van der Waals surface area (Å²) in [5, 5.41) is 8.50. The SMILES string of the molecule is C=CCNc1nc(Nc2ccc(Br)cc2)c2sccc2n1. The van der Waals surface area contributed by atoms with Crippen molar-refractivity contribution in [1.82, 2.24) is 9.97 Å². The monoisotopic (exact) mass is 360 g/mol. The van der Waals surface area contributed by atoms with Crippen LogP contribution in [0.2, 0.25) is 0 Å². The second-order valence-electron chi connectivity index (χ2n) is 4.33. The number of fused-ring (bicyclic) bond motifs is 1. The van der Waals surface area contributed by atoms with Crippen molar-refractivity contribution in [3.05, 3.63) is 52.8 Å². The van der Waals surface area contributed by atoms with Crippen LogP contribution in [0.1, 0.15) is 0 Å². The highest BCUT2D eigenvalue weighted by Gasteiger charge is 2.09. The summed E-state index contributed by atoms with van der Waals surface area (Å²) in [5.41, 5.74) is 1.92. The molecule has 0 saturated heterocycles. The van der Waals surface area contributed by atoms with E-state index in [-0.39, 0.29) is 0 Å². The van der Waals surface area contributed by atoms with Crippen molar-refractivity contribution in [1.29, 1.82) is 0 Å². The number of hydrogen-bond acceptors (Lipinski definition) is 5. The van der Waals surface area contributed by atoms with Gasteiger partial charge in [-0.25, -0.2) is 4.98 Å². The van der Waals surface area contributed by atoms with Crippen molar-refractivity contribution < 1.29 is 0 Å². The molecule has 2 aromatic heterocycles. The highest BCUT2D eigenvalue weighted by molar-refractivity contribution is 9.10. The van der Waals surface area contributed by atoms with E-state index < -0.39 is 0 Å². The summed E-state index contributed by atoms with van der Waals surface area (Å²) in [6, 6.07) is 9.98. The third-order valence-electron chi connectivity index (χ3n) is 2.82. The van der Waals surface area contributed by atoms with Crippen LogP contribution in [0.4, 0.5) is 17.5 Å². The number of hydrogen-bond donors (Lipinski definition) is 2. The van der Waals surface area contributed by atoms with Gasteiger partial charge < -0.3 is 10.6 Å². The quantitative estimate of drug-likeness (QED) is 0.641. The molecule has 1 aromatic carbocycles. The highest BCUT2D eigenvalue weighted by Crippen LogP contribution is 2.29. The second kappa shape index (κ2) is 6.24. The first kappa shape index (κ1) is 14.0. The van der Waals surface area contributed by atoms with E-state index in [0.29, 0.717) is 12.5 Å². The molecule has 0 radical (unpaired) electrons. The molecule has 0 fully saturated rings. The van der Waals surface area contributed by atoms with E-state index in [1.54, 1.807) is 17.4 Å². The zero-order valence-electron chi connectivity index (χ0n) is 11.1. The fourth-order valence-electron chi connectivity index (χ4n) is 1.86. The van der Waals surface area contributed by atoms with Gasteiger partial charge in [-0.2, -0.15) is 4.98 Å². The van der Waals surface area contributed by atoms with Crippen molar-refractivity contribution in [2.75, 3.05) is 17.2 Å². The maximum absolute atomic E-state index is 4.55. The molecule has 0 unspecified atom stereocenters. The highest BCUT2D eigenvalue weighted by atomic mass is 79.9. The summed E-state index contributed by atoms with van der Waals surface area (Å²) >= 11 is 5.06. The fourth-order valence-corrected chi connectivity index (χ4v) is 2.90. The number of aromatic nitrogens is 2. The van der Waals surface area contributed by atoms with Gasteiger partial charge in [-0.3, -0.25) is 0 Å². The lowest BCUT2D eigenvalue weighted by Gasteiger charge is -2.09. The van der Waals surface area contributed by atoms with Gasteiger partial charge in [-0.1, -0.05) is 22.0 Å². The van der Waals surface area contributed by atoms with Gasteiger partial charge in [0.15, 0.2) is 5.82 Å². The first-order valence-electron chi connectivity index (χ1n) is 6.39. The van der Waals surface area contributed by atoms with Crippen molar-refractivity contribution in [3.63, 3.8) is 0 Å². The standard InChI is InChI=1S/C15H13BrN4S/c1-2-8-17-15-19-12-7-9-21-13(12)14(20-15)18-11-5-3-10(16)4-6-11/h2-7,9H,1,8H2,(H2,17,18,19,20). The van der Waals surface area contributed by atoms with Crippen LogP contribution in [0.5, 0.6) is 0 Å². The molecule has 21 heavy (non-hydrogen) atoms. The molecule has 3 rings (SSSR count). The molecule has 0 atom stereocenters. The number of anilines is 3. The van der Waals surface area contributed by atoms with Crippen LogP contribution in [-0.4, -0.2) is 16.5 Å². The van der Waals surface area contributed by atoms with Gasteiger partial charge in [0.2, 0.25) is 5.95 Å². The Balaban J connectivity index is 1.97. The van der Waals surface area contributed by atoms with Crippen LogP contribution in [0, 0.1) is 0 Å². The molecule has 2 N–H and O–H groups in total. The lowest BCUT2D eigenvalue weighted by atomic mass is 10.3. The molecular weight excluding hydrogens is 348 g/mol. The third-order valence-corrected chi connectivity index (χ3v) is 4.25. The van der Waals surface area contributed by atoms with E-state index in [9.17, 15) is 0 Å².